The summed E-state index contributed by atoms with van der Waals surface area (Å²) in [4.78, 5) is 48.5. The maximum Gasteiger partial charge on any atom is 0.310 e. The summed E-state index contributed by atoms with van der Waals surface area (Å²) in [6, 6.07) is 8.83. The molecule has 30 heavy (non-hydrogen) atoms. The number of rotatable bonds is 6. The first kappa shape index (κ1) is 20.8. The molecule has 2 N–H and O–H groups in total. The van der Waals surface area contributed by atoms with Crippen molar-refractivity contribution >= 4 is 23.4 Å². The fourth-order valence-corrected chi connectivity index (χ4v) is 3.07. The van der Waals surface area contributed by atoms with Crippen LogP contribution in [0.1, 0.15) is 23.4 Å². The van der Waals surface area contributed by atoms with Crippen LogP contribution in [0.2, 0.25) is 0 Å². The molecule has 3 rings (SSSR count). The van der Waals surface area contributed by atoms with Gasteiger partial charge >= 0.3 is 5.69 Å². The lowest BCUT2D eigenvalue weighted by atomic mass is 9.97. The van der Waals surface area contributed by atoms with Crippen LogP contribution in [0.5, 0.6) is 5.75 Å². The van der Waals surface area contributed by atoms with Gasteiger partial charge in [0.2, 0.25) is 5.91 Å². The highest BCUT2D eigenvalue weighted by molar-refractivity contribution is 5.92. The predicted octanol–water partition coefficient (Wildman–Crippen LogP) is 1.27. The first-order chi connectivity index (χ1) is 14.5. The van der Waals surface area contributed by atoms with Gasteiger partial charge in [0.15, 0.2) is 18.1 Å². The minimum Gasteiger partial charge on any atom is -0.477 e. The van der Waals surface area contributed by atoms with Gasteiger partial charge in [-0.05, 0) is 31.0 Å². The van der Waals surface area contributed by atoms with Crippen LogP contribution < -0.4 is 15.6 Å². The fourth-order valence-electron chi connectivity index (χ4n) is 3.07. The summed E-state index contributed by atoms with van der Waals surface area (Å²) in [7, 11) is 0. The standard InChI is InChI=1S/C19H20N4O7/c24-17(12-30-15-7-2-1-6-14(15)23(27)28)20-21-18(25)13-5-3-9-22(11-13)19(26)16-8-4-10-29-16/h1-2,4,6-8,10,13H,3,5,9,11-12H2,(H,20,24)(H,21,25). The molecule has 11 nitrogen and oxygen atoms in total. The quantitative estimate of drug-likeness (QED) is 0.533. The third-order valence-electron chi connectivity index (χ3n) is 4.56. The number of hydrogen-bond donors (Lipinski definition) is 2. The Hall–Kier alpha value is -3.89. The zero-order valence-corrected chi connectivity index (χ0v) is 15.9. The predicted molar refractivity (Wildman–Crippen MR) is 102 cm³/mol. The Balaban J connectivity index is 1.46. The summed E-state index contributed by atoms with van der Waals surface area (Å²) in [6.07, 6.45) is 2.61. The monoisotopic (exact) mass is 416 g/mol. The van der Waals surface area contributed by atoms with Gasteiger partial charge in [-0.2, -0.15) is 0 Å². The highest BCUT2D eigenvalue weighted by atomic mass is 16.6. The van der Waals surface area contributed by atoms with Gasteiger partial charge in [0.05, 0.1) is 17.1 Å². The van der Waals surface area contributed by atoms with Gasteiger partial charge in [0, 0.05) is 19.2 Å². The second kappa shape index (κ2) is 9.54. The fraction of sp³-hybridized carbons (Fsp3) is 0.316. The smallest absolute Gasteiger partial charge is 0.310 e. The Morgan fingerprint density at radius 2 is 2.00 bits per heavy atom. The number of amides is 3. The number of benzene rings is 1. The van der Waals surface area contributed by atoms with Crippen molar-refractivity contribution in [3.63, 3.8) is 0 Å². The molecular formula is C19H20N4O7. The van der Waals surface area contributed by atoms with Crippen molar-refractivity contribution in [1.29, 1.82) is 0 Å². The number of nitrogens with one attached hydrogen (secondary N) is 2. The Bertz CT molecular complexity index is 929. The maximum absolute atomic E-state index is 12.4. The average molecular weight is 416 g/mol. The topological polar surface area (TPSA) is 144 Å². The van der Waals surface area contributed by atoms with Gasteiger partial charge in [-0.15, -0.1) is 0 Å². The first-order valence-corrected chi connectivity index (χ1v) is 9.23. The number of likely N-dealkylation sites (tertiary alicyclic amines) is 1. The summed E-state index contributed by atoms with van der Waals surface area (Å²) in [5.74, 6) is -1.75. The molecule has 1 aliphatic heterocycles. The number of nitrogens with zero attached hydrogens (tertiary/aromatic N) is 2. The number of hydrogen-bond acceptors (Lipinski definition) is 7. The minimum atomic E-state index is -0.680. The number of nitro benzene ring substituents is 1. The number of ether oxygens (including phenoxy) is 1. The van der Waals surface area contributed by atoms with Crippen LogP contribution in [0.4, 0.5) is 5.69 Å². The van der Waals surface area contributed by atoms with Gasteiger partial charge in [-0.1, -0.05) is 12.1 Å². The Morgan fingerprint density at radius 1 is 1.20 bits per heavy atom. The lowest BCUT2D eigenvalue weighted by molar-refractivity contribution is -0.385. The molecule has 1 atom stereocenters. The molecule has 1 aliphatic rings. The van der Waals surface area contributed by atoms with Crippen LogP contribution in [-0.4, -0.2) is 47.2 Å². The molecule has 0 spiro atoms. The second-order valence-electron chi connectivity index (χ2n) is 6.62. The third kappa shape index (κ3) is 5.13. The van der Waals surface area contributed by atoms with E-state index in [1.807, 2.05) is 0 Å². The Labute approximate surface area is 171 Å². The van der Waals surface area contributed by atoms with E-state index in [0.29, 0.717) is 19.4 Å². The van der Waals surface area contributed by atoms with E-state index < -0.39 is 29.3 Å². The molecule has 0 saturated carbocycles. The lowest BCUT2D eigenvalue weighted by Gasteiger charge is -2.31. The van der Waals surface area contributed by atoms with E-state index in [9.17, 15) is 24.5 Å². The van der Waals surface area contributed by atoms with Crippen molar-refractivity contribution in [2.24, 2.45) is 5.92 Å². The summed E-state index contributed by atoms with van der Waals surface area (Å²) in [6.45, 7) is 0.201. The number of hydrazine groups is 1. The van der Waals surface area contributed by atoms with Gasteiger partial charge in [0.1, 0.15) is 0 Å². The number of carbonyl (C=O) groups excluding carboxylic acids is 3. The number of furan rings is 1. The Morgan fingerprint density at radius 3 is 2.73 bits per heavy atom. The molecule has 0 bridgehead atoms. The van der Waals surface area contributed by atoms with Crippen molar-refractivity contribution in [1.82, 2.24) is 15.8 Å². The van der Waals surface area contributed by atoms with Crippen LogP contribution in [0.15, 0.2) is 47.1 Å². The second-order valence-corrected chi connectivity index (χ2v) is 6.62. The normalized spacial score (nSPS) is 15.9. The van der Waals surface area contributed by atoms with Crippen LogP contribution in [0, 0.1) is 16.0 Å². The van der Waals surface area contributed by atoms with Gasteiger partial charge in [-0.3, -0.25) is 35.3 Å². The molecule has 1 unspecified atom stereocenters. The van der Waals surface area contributed by atoms with Gasteiger partial charge in [-0.25, -0.2) is 0 Å². The van der Waals surface area contributed by atoms with Crippen molar-refractivity contribution in [2.75, 3.05) is 19.7 Å². The third-order valence-corrected chi connectivity index (χ3v) is 4.56. The number of piperidine rings is 1. The largest absolute Gasteiger partial charge is 0.477 e. The first-order valence-electron chi connectivity index (χ1n) is 9.23. The van der Waals surface area contributed by atoms with Crippen LogP contribution in [0.3, 0.4) is 0 Å². The molecule has 2 aromatic rings. The van der Waals surface area contributed by atoms with E-state index >= 15 is 0 Å². The van der Waals surface area contributed by atoms with Crippen LogP contribution in [-0.2, 0) is 9.59 Å². The van der Waals surface area contributed by atoms with Crippen LogP contribution >= 0.6 is 0 Å². The minimum absolute atomic E-state index is 0.0525. The lowest BCUT2D eigenvalue weighted by Crippen LogP contribution is -2.50. The molecule has 2 heterocycles. The molecule has 1 aromatic carbocycles. The summed E-state index contributed by atoms with van der Waals surface area (Å²) >= 11 is 0. The SMILES string of the molecule is O=C(COc1ccccc1[N+](=O)[O-])NNC(=O)C1CCCN(C(=O)c2ccco2)C1. The molecule has 0 radical (unpaired) electrons. The molecule has 3 amide bonds. The summed E-state index contributed by atoms with van der Waals surface area (Å²) in [5, 5.41) is 10.9. The molecule has 1 saturated heterocycles. The highest BCUT2D eigenvalue weighted by Gasteiger charge is 2.30. The van der Waals surface area contributed by atoms with E-state index in [4.69, 9.17) is 9.15 Å². The number of para-hydroxylation sites is 2. The summed E-state index contributed by atoms with van der Waals surface area (Å²) in [5.41, 5.74) is 4.26. The van der Waals surface area contributed by atoms with Crippen LogP contribution in [0.25, 0.3) is 0 Å². The van der Waals surface area contributed by atoms with E-state index in [0.717, 1.165) is 0 Å². The molecule has 1 fully saturated rings. The van der Waals surface area contributed by atoms with Gasteiger partial charge < -0.3 is 14.1 Å². The average Bonchev–Trinajstić information content (AvgIpc) is 3.30. The van der Waals surface area contributed by atoms with Crippen molar-refractivity contribution < 1.29 is 28.5 Å². The zero-order chi connectivity index (χ0) is 21.5. The molecule has 11 heteroatoms. The maximum atomic E-state index is 12.4. The van der Waals surface area contributed by atoms with Gasteiger partial charge in [0.25, 0.3) is 11.8 Å². The number of nitro groups is 1. The van der Waals surface area contributed by atoms with E-state index in [-0.39, 0.29) is 29.6 Å². The molecule has 158 valence electrons. The molecule has 0 aliphatic carbocycles. The molecule has 1 aromatic heterocycles. The van der Waals surface area contributed by atoms with E-state index in [2.05, 4.69) is 10.9 Å². The van der Waals surface area contributed by atoms with E-state index in [1.165, 1.54) is 29.4 Å². The van der Waals surface area contributed by atoms with Crippen molar-refractivity contribution in [2.45, 2.75) is 12.8 Å². The number of carbonyl (C=O) groups is 3. The van der Waals surface area contributed by atoms with E-state index in [1.54, 1.807) is 18.2 Å². The van der Waals surface area contributed by atoms with Crippen molar-refractivity contribution in [3.8, 4) is 5.75 Å². The van der Waals surface area contributed by atoms with Crippen molar-refractivity contribution in [3.05, 3.63) is 58.5 Å². The Kier molecular flexibility index (Phi) is 6.63. The summed E-state index contributed by atoms with van der Waals surface area (Å²) < 4.78 is 10.3. The highest BCUT2D eigenvalue weighted by Crippen LogP contribution is 2.25. The zero-order valence-electron chi connectivity index (χ0n) is 15.9. The molecular weight excluding hydrogens is 396 g/mol.